The largest absolute Gasteiger partial charge is 0.451 e. The topological polar surface area (TPSA) is 35.5 Å². The zero-order chi connectivity index (χ0) is 17.9. The van der Waals surface area contributed by atoms with Crippen LogP contribution in [0.5, 0.6) is 0 Å². The molecule has 0 spiro atoms. The summed E-state index contributed by atoms with van der Waals surface area (Å²) in [5.41, 5.74) is 4.12. The van der Waals surface area contributed by atoms with Gasteiger partial charge in [-0.15, -0.1) is 0 Å². The highest BCUT2D eigenvalue weighted by molar-refractivity contribution is 6.19. The van der Waals surface area contributed by atoms with Gasteiger partial charge in [-0.25, -0.2) is 4.79 Å². The van der Waals surface area contributed by atoms with Gasteiger partial charge in [0.1, 0.15) is 6.10 Å². The first-order chi connectivity index (χ1) is 12.8. The van der Waals surface area contributed by atoms with Crippen molar-refractivity contribution in [2.75, 3.05) is 6.61 Å². The highest BCUT2D eigenvalue weighted by atomic mass is 16.6. The van der Waals surface area contributed by atoms with Gasteiger partial charge < -0.3 is 9.47 Å². The van der Waals surface area contributed by atoms with Crippen molar-refractivity contribution in [3.63, 3.8) is 0 Å². The Labute approximate surface area is 154 Å². The average Bonchev–Trinajstić information content (AvgIpc) is 3.01. The molecule has 0 radical (unpaired) electrons. The van der Waals surface area contributed by atoms with E-state index in [1.807, 2.05) is 43.3 Å². The zero-order valence-electron chi connectivity index (χ0n) is 15.1. The SMILES string of the molecule is CCO[C@@H]1[C@@H](Cc2ccccc2)CCC2=C(c3ccccc3)C(=O)O[C@H]21. The van der Waals surface area contributed by atoms with Crippen LogP contribution in [0.4, 0.5) is 0 Å². The molecule has 0 bridgehead atoms. The van der Waals surface area contributed by atoms with Crippen LogP contribution in [-0.4, -0.2) is 24.8 Å². The Bertz CT molecular complexity index is 795. The highest BCUT2D eigenvalue weighted by Crippen LogP contribution is 2.43. The van der Waals surface area contributed by atoms with Crippen molar-refractivity contribution in [2.24, 2.45) is 5.92 Å². The van der Waals surface area contributed by atoms with Crippen LogP contribution in [0.3, 0.4) is 0 Å². The fraction of sp³-hybridized carbons (Fsp3) is 0.348. The summed E-state index contributed by atoms with van der Waals surface area (Å²) in [7, 11) is 0. The molecule has 2 aliphatic rings. The van der Waals surface area contributed by atoms with Crippen LogP contribution in [0.2, 0.25) is 0 Å². The van der Waals surface area contributed by atoms with E-state index < -0.39 is 0 Å². The molecule has 3 nitrogen and oxygen atoms in total. The molecule has 1 saturated carbocycles. The lowest BCUT2D eigenvalue weighted by molar-refractivity contribution is -0.148. The zero-order valence-corrected chi connectivity index (χ0v) is 15.1. The molecule has 0 aromatic heterocycles. The van der Waals surface area contributed by atoms with E-state index >= 15 is 0 Å². The Morgan fingerprint density at radius 2 is 1.73 bits per heavy atom. The molecule has 2 aromatic carbocycles. The fourth-order valence-electron chi connectivity index (χ4n) is 4.26. The monoisotopic (exact) mass is 348 g/mol. The van der Waals surface area contributed by atoms with E-state index in [-0.39, 0.29) is 18.2 Å². The van der Waals surface area contributed by atoms with Crippen molar-refractivity contribution >= 4 is 11.5 Å². The molecule has 3 atom stereocenters. The van der Waals surface area contributed by atoms with Crippen LogP contribution >= 0.6 is 0 Å². The van der Waals surface area contributed by atoms with Crippen LogP contribution in [0, 0.1) is 5.92 Å². The van der Waals surface area contributed by atoms with E-state index in [0.717, 1.165) is 36.0 Å². The minimum Gasteiger partial charge on any atom is -0.451 e. The standard InChI is InChI=1S/C23H24O3/c1-2-25-21-18(15-16-9-5-3-6-10-16)13-14-19-20(23(24)26-22(19)21)17-11-7-4-8-12-17/h3-12,18,21-22H,2,13-15H2,1H3/t18-,21-,22-/m1/s1. The van der Waals surface area contributed by atoms with E-state index in [2.05, 4.69) is 24.3 Å². The Morgan fingerprint density at radius 1 is 1.04 bits per heavy atom. The van der Waals surface area contributed by atoms with Crippen LogP contribution < -0.4 is 0 Å². The summed E-state index contributed by atoms with van der Waals surface area (Å²) in [4.78, 5) is 12.6. The second-order valence-electron chi connectivity index (χ2n) is 7.00. The first-order valence-corrected chi connectivity index (χ1v) is 9.43. The van der Waals surface area contributed by atoms with Gasteiger partial charge >= 0.3 is 5.97 Å². The lowest BCUT2D eigenvalue weighted by atomic mass is 9.77. The second-order valence-corrected chi connectivity index (χ2v) is 7.00. The van der Waals surface area contributed by atoms with E-state index in [4.69, 9.17) is 9.47 Å². The van der Waals surface area contributed by atoms with Crippen LogP contribution in [0.15, 0.2) is 66.2 Å². The molecule has 0 amide bonds. The third-order valence-corrected chi connectivity index (χ3v) is 5.41. The number of ether oxygens (including phenoxy) is 2. The van der Waals surface area contributed by atoms with Gasteiger partial charge in [0.25, 0.3) is 0 Å². The van der Waals surface area contributed by atoms with Crippen molar-refractivity contribution in [1.29, 1.82) is 0 Å². The van der Waals surface area contributed by atoms with E-state index in [1.165, 1.54) is 5.56 Å². The van der Waals surface area contributed by atoms with Crippen LogP contribution in [0.25, 0.3) is 5.57 Å². The molecule has 1 fully saturated rings. The molecule has 26 heavy (non-hydrogen) atoms. The van der Waals surface area contributed by atoms with Gasteiger partial charge in [-0.1, -0.05) is 60.7 Å². The van der Waals surface area contributed by atoms with Gasteiger partial charge in [-0.3, -0.25) is 0 Å². The van der Waals surface area contributed by atoms with Gasteiger partial charge in [-0.2, -0.15) is 0 Å². The van der Waals surface area contributed by atoms with Crippen LogP contribution in [-0.2, 0) is 20.7 Å². The first kappa shape index (κ1) is 17.0. The molecule has 1 aliphatic heterocycles. The Kier molecular flexibility index (Phi) is 4.89. The molecule has 0 saturated heterocycles. The smallest absolute Gasteiger partial charge is 0.339 e. The number of benzene rings is 2. The summed E-state index contributed by atoms with van der Waals surface area (Å²) in [5.74, 6) is 0.148. The van der Waals surface area contributed by atoms with Crippen molar-refractivity contribution < 1.29 is 14.3 Å². The third kappa shape index (κ3) is 3.19. The quantitative estimate of drug-likeness (QED) is 0.750. The van der Waals surface area contributed by atoms with E-state index in [0.29, 0.717) is 12.5 Å². The number of esters is 1. The van der Waals surface area contributed by atoms with E-state index in [1.54, 1.807) is 0 Å². The number of rotatable bonds is 5. The van der Waals surface area contributed by atoms with Gasteiger partial charge in [-0.05, 0) is 48.8 Å². The van der Waals surface area contributed by atoms with Crippen molar-refractivity contribution in [2.45, 2.75) is 38.4 Å². The second kappa shape index (κ2) is 7.46. The maximum absolute atomic E-state index is 12.6. The highest BCUT2D eigenvalue weighted by Gasteiger charge is 2.46. The first-order valence-electron chi connectivity index (χ1n) is 9.43. The van der Waals surface area contributed by atoms with Crippen molar-refractivity contribution in [1.82, 2.24) is 0 Å². The molecule has 0 unspecified atom stereocenters. The van der Waals surface area contributed by atoms with Gasteiger partial charge in [0.05, 0.1) is 5.57 Å². The minimum atomic E-state index is -0.250. The van der Waals surface area contributed by atoms with Crippen LogP contribution in [0.1, 0.15) is 30.9 Å². The molecule has 3 heteroatoms. The molecular weight excluding hydrogens is 324 g/mol. The number of fused-ring (bicyclic) bond motifs is 1. The Balaban J connectivity index is 1.64. The lowest BCUT2D eigenvalue weighted by Gasteiger charge is -2.36. The molecule has 134 valence electrons. The maximum atomic E-state index is 12.6. The minimum absolute atomic E-state index is 0.0749. The summed E-state index contributed by atoms with van der Waals surface area (Å²) in [6, 6.07) is 20.4. The van der Waals surface area contributed by atoms with Gasteiger partial charge in [0.2, 0.25) is 0 Å². The number of hydrogen-bond acceptors (Lipinski definition) is 3. The summed E-state index contributed by atoms with van der Waals surface area (Å²) < 4.78 is 11.9. The van der Waals surface area contributed by atoms with Crippen molar-refractivity contribution in [3.05, 3.63) is 77.4 Å². The summed E-state index contributed by atoms with van der Waals surface area (Å²) in [6.07, 6.45) is 2.53. The average molecular weight is 348 g/mol. The summed E-state index contributed by atoms with van der Waals surface area (Å²) in [5, 5.41) is 0. The molecular formula is C23H24O3. The molecule has 1 heterocycles. The maximum Gasteiger partial charge on any atom is 0.339 e. The molecule has 1 aliphatic carbocycles. The van der Waals surface area contributed by atoms with E-state index in [9.17, 15) is 4.79 Å². The third-order valence-electron chi connectivity index (χ3n) is 5.41. The molecule has 4 rings (SSSR count). The van der Waals surface area contributed by atoms with Gasteiger partial charge in [0, 0.05) is 6.61 Å². The summed E-state index contributed by atoms with van der Waals surface area (Å²) >= 11 is 0. The normalized spacial score (nSPS) is 25.1. The number of carbonyl (C=O) groups excluding carboxylic acids is 1. The van der Waals surface area contributed by atoms with Crippen molar-refractivity contribution in [3.8, 4) is 0 Å². The molecule has 2 aromatic rings. The predicted octanol–water partition coefficient (Wildman–Crippen LogP) is 4.42. The Hall–Kier alpha value is -2.39. The van der Waals surface area contributed by atoms with Gasteiger partial charge in [0.15, 0.2) is 6.10 Å². The molecule has 0 N–H and O–H groups in total. The number of hydrogen-bond donors (Lipinski definition) is 0. The Morgan fingerprint density at radius 3 is 2.42 bits per heavy atom. The number of carbonyl (C=O) groups is 1. The summed E-state index contributed by atoms with van der Waals surface area (Å²) in [6.45, 7) is 2.63. The fourth-order valence-corrected chi connectivity index (χ4v) is 4.26. The predicted molar refractivity (Wildman–Crippen MR) is 102 cm³/mol. The lowest BCUT2D eigenvalue weighted by Crippen LogP contribution is -2.42.